The van der Waals surface area contributed by atoms with Crippen LogP contribution in [0.5, 0.6) is 0 Å². The lowest BCUT2D eigenvalue weighted by molar-refractivity contribution is 0.122. The van der Waals surface area contributed by atoms with Crippen molar-refractivity contribution in [3.8, 4) is 0 Å². The van der Waals surface area contributed by atoms with Gasteiger partial charge in [-0.25, -0.2) is 0 Å². The monoisotopic (exact) mass is 218 g/mol. The van der Waals surface area contributed by atoms with Gasteiger partial charge in [0, 0.05) is 6.42 Å². The van der Waals surface area contributed by atoms with Crippen molar-refractivity contribution in [2.24, 2.45) is 0 Å². The molecule has 0 spiro atoms. The Bertz CT molecular complexity index is 427. The molecule has 2 aromatic rings. The Morgan fingerprint density at radius 2 is 2.06 bits per heavy atom. The molecule has 0 atom stereocenters. The number of nitrogens with two attached hydrogens (primary N) is 1. The number of nitrogens with one attached hydrogen (secondary N) is 1. The summed E-state index contributed by atoms with van der Waals surface area (Å²) in [5.41, 5.74) is 6.55. The van der Waals surface area contributed by atoms with E-state index in [2.05, 4.69) is 15.2 Å². The van der Waals surface area contributed by atoms with E-state index >= 15 is 0 Å². The van der Waals surface area contributed by atoms with Crippen LogP contribution in [0.15, 0.2) is 30.3 Å². The molecule has 3 N–H and O–H groups in total. The summed E-state index contributed by atoms with van der Waals surface area (Å²) in [5.74, 6) is 1.03. The molecule has 1 aromatic carbocycles. The average Bonchev–Trinajstić information content (AvgIpc) is 2.72. The first-order valence-electron chi connectivity index (χ1n) is 5.13. The third-order valence-corrected chi connectivity index (χ3v) is 2.14. The molecule has 1 heterocycles. The van der Waals surface area contributed by atoms with Gasteiger partial charge in [0.15, 0.2) is 0 Å². The van der Waals surface area contributed by atoms with E-state index < -0.39 is 0 Å². The van der Waals surface area contributed by atoms with Gasteiger partial charge in [-0.3, -0.25) is 5.10 Å². The Hall–Kier alpha value is -1.88. The predicted molar refractivity (Wildman–Crippen MR) is 60.6 cm³/mol. The third kappa shape index (κ3) is 3.06. The molecule has 1 aromatic heterocycles. The van der Waals surface area contributed by atoms with Gasteiger partial charge in [-0.2, -0.15) is 4.98 Å². The maximum atomic E-state index is 5.50. The second-order valence-corrected chi connectivity index (χ2v) is 3.43. The number of H-pyrrole nitrogens is 1. The molecule has 0 fully saturated rings. The molecule has 0 radical (unpaired) electrons. The highest BCUT2D eigenvalue weighted by Gasteiger charge is 1.99. The fourth-order valence-electron chi connectivity index (χ4n) is 1.35. The Kier molecular flexibility index (Phi) is 3.50. The van der Waals surface area contributed by atoms with Crippen LogP contribution in [0.1, 0.15) is 11.4 Å². The van der Waals surface area contributed by atoms with Crippen LogP contribution in [0.25, 0.3) is 0 Å². The van der Waals surface area contributed by atoms with Crippen LogP contribution in [0.2, 0.25) is 0 Å². The topological polar surface area (TPSA) is 76.8 Å². The zero-order valence-electron chi connectivity index (χ0n) is 8.89. The fraction of sp³-hybridized carbons (Fsp3) is 0.273. The van der Waals surface area contributed by atoms with E-state index in [-0.39, 0.29) is 5.95 Å². The van der Waals surface area contributed by atoms with Crippen molar-refractivity contribution in [3.05, 3.63) is 41.7 Å². The minimum absolute atomic E-state index is 0.276. The zero-order chi connectivity index (χ0) is 11.2. The molecule has 0 aliphatic carbocycles. The van der Waals surface area contributed by atoms with Crippen LogP contribution in [0, 0.1) is 0 Å². The first kappa shape index (κ1) is 10.6. The van der Waals surface area contributed by atoms with Crippen LogP contribution >= 0.6 is 0 Å². The third-order valence-electron chi connectivity index (χ3n) is 2.14. The van der Waals surface area contributed by atoms with Gasteiger partial charge >= 0.3 is 0 Å². The van der Waals surface area contributed by atoms with Gasteiger partial charge in [-0.05, 0) is 5.56 Å². The summed E-state index contributed by atoms with van der Waals surface area (Å²) in [4.78, 5) is 3.99. The molecule has 5 nitrogen and oxygen atoms in total. The second-order valence-electron chi connectivity index (χ2n) is 3.43. The van der Waals surface area contributed by atoms with Crippen molar-refractivity contribution in [3.63, 3.8) is 0 Å². The lowest BCUT2D eigenvalue weighted by Gasteiger charge is -2.02. The summed E-state index contributed by atoms with van der Waals surface area (Å²) in [5, 5.41) is 6.48. The number of hydrogen-bond acceptors (Lipinski definition) is 4. The molecule has 0 saturated heterocycles. The maximum absolute atomic E-state index is 5.50. The lowest BCUT2D eigenvalue weighted by Crippen LogP contribution is -2.00. The predicted octanol–water partition coefficient (Wildman–Crippen LogP) is 1.15. The van der Waals surface area contributed by atoms with Crippen LogP contribution in [0.4, 0.5) is 5.95 Å². The number of aromatic amines is 1. The summed E-state index contributed by atoms with van der Waals surface area (Å²) in [6.07, 6.45) is 0.692. The summed E-state index contributed by atoms with van der Waals surface area (Å²) < 4.78 is 5.50. The van der Waals surface area contributed by atoms with E-state index in [9.17, 15) is 0 Å². The van der Waals surface area contributed by atoms with Crippen molar-refractivity contribution in [1.82, 2.24) is 15.2 Å². The molecule has 0 bridgehead atoms. The second kappa shape index (κ2) is 5.27. The molecular weight excluding hydrogens is 204 g/mol. The highest BCUT2D eigenvalue weighted by atomic mass is 16.5. The van der Waals surface area contributed by atoms with Crippen LogP contribution in [0.3, 0.4) is 0 Å². The Morgan fingerprint density at radius 3 is 2.75 bits per heavy atom. The quantitative estimate of drug-likeness (QED) is 0.738. The van der Waals surface area contributed by atoms with Gasteiger partial charge in [0.05, 0.1) is 13.2 Å². The van der Waals surface area contributed by atoms with Crippen LogP contribution < -0.4 is 5.73 Å². The molecule has 0 aliphatic rings. The smallest absolute Gasteiger partial charge is 0.239 e. The Morgan fingerprint density at radius 1 is 1.25 bits per heavy atom. The molecule has 0 amide bonds. The van der Waals surface area contributed by atoms with Crippen molar-refractivity contribution in [2.45, 2.75) is 13.0 Å². The molecule has 0 aliphatic heterocycles. The zero-order valence-corrected chi connectivity index (χ0v) is 8.89. The van der Waals surface area contributed by atoms with E-state index in [1.165, 1.54) is 5.56 Å². The summed E-state index contributed by atoms with van der Waals surface area (Å²) in [6, 6.07) is 10.0. The van der Waals surface area contributed by atoms with Crippen molar-refractivity contribution in [2.75, 3.05) is 12.3 Å². The van der Waals surface area contributed by atoms with E-state index in [1.807, 2.05) is 30.3 Å². The van der Waals surface area contributed by atoms with Gasteiger partial charge in [0.25, 0.3) is 0 Å². The highest BCUT2D eigenvalue weighted by Crippen LogP contribution is 2.01. The van der Waals surface area contributed by atoms with E-state index in [4.69, 9.17) is 10.5 Å². The van der Waals surface area contributed by atoms with Gasteiger partial charge in [-0.1, -0.05) is 30.3 Å². The Balaban J connectivity index is 1.69. The Labute approximate surface area is 93.7 Å². The van der Waals surface area contributed by atoms with E-state index in [0.29, 0.717) is 19.6 Å². The maximum Gasteiger partial charge on any atom is 0.239 e. The lowest BCUT2D eigenvalue weighted by atomic mass is 10.2. The first-order valence-corrected chi connectivity index (χ1v) is 5.13. The molecule has 2 rings (SSSR count). The highest BCUT2D eigenvalue weighted by molar-refractivity contribution is 5.13. The molecule has 5 heteroatoms. The summed E-state index contributed by atoms with van der Waals surface area (Å²) in [6.45, 7) is 1.22. The van der Waals surface area contributed by atoms with Crippen molar-refractivity contribution < 1.29 is 4.74 Å². The molecule has 0 saturated carbocycles. The number of ether oxygens (including phenoxy) is 1. The van der Waals surface area contributed by atoms with Crippen molar-refractivity contribution in [1.29, 1.82) is 0 Å². The largest absolute Gasteiger partial charge is 0.376 e. The van der Waals surface area contributed by atoms with Crippen LogP contribution in [-0.2, 0) is 17.8 Å². The van der Waals surface area contributed by atoms with Gasteiger partial charge in [0.2, 0.25) is 5.95 Å². The normalized spacial score (nSPS) is 10.5. The number of nitrogens with zero attached hydrogens (tertiary/aromatic N) is 2. The van der Waals surface area contributed by atoms with Crippen molar-refractivity contribution >= 4 is 5.95 Å². The number of hydrogen-bond donors (Lipinski definition) is 2. The molecular formula is C11H14N4O. The van der Waals surface area contributed by atoms with Crippen LogP contribution in [-0.4, -0.2) is 21.8 Å². The average molecular weight is 218 g/mol. The first-order chi connectivity index (χ1) is 7.84. The SMILES string of the molecule is Nc1n[nH]c(CCOCc2ccccc2)n1. The van der Waals surface area contributed by atoms with Gasteiger partial charge in [-0.15, -0.1) is 5.10 Å². The number of benzene rings is 1. The summed E-state index contributed by atoms with van der Waals surface area (Å²) >= 11 is 0. The van der Waals surface area contributed by atoms with Gasteiger partial charge in [0.1, 0.15) is 5.82 Å². The minimum atomic E-state index is 0.276. The number of nitrogen functional groups attached to an aromatic ring is 1. The molecule has 16 heavy (non-hydrogen) atoms. The number of aromatic nitrogens is 3. The fourth-order valence-corrected chi connectivity index (χ4v) is 1.35. The van der Waals surface area contributed by atoms with E-state index in [1.54, 1.807) is 0 Å². The number of anilines is 1. The number of rotatable bonds is 5. The molecule has 84 valence electrons. The van der Waals surface area contributed by atoms with E-state index in [0.717, 1.165) is 5.82 Å². The summed E-state index contributed by atoms with van der Waals surface area (Å²) in [7, 11) is 0. The molecule has 0 unspecified atom stereocenters. The minimum Gasteiger partial charge on any atom is -0.376 e. The van der Waals surface area contributed by atoms with Gasteiger partial charge < -0.3 is 10.5 Å². The standard InChI is InChI=1S/C11H14N4O/c12-11-13-10(14-15-11)6-7-16-8-9-4-2-1-3-5-9/h1-5H,6-8H2,(H3,12,13,14,15).